The van der Waals surface area contributed by atoms with Crippen molar-refractivity contribution in [3.05, 3.63) is 66.2 Å². The number of para-hydroxylation sites is 1. The quantitative estimate of drug-likeness (QED) is 0.596. The first-order valence-electron chi connectivity index (χ1n) is 10.5. The molecule has 0 radical (unpaired) electrons. The van der Waals surface area contributed by atoms with E-state index in [4.69, 9.17) is 0 Å². The number of anilines is 2. The number of fused-ring (bicyclic) bond motifs is 1. The van der Waals surface area contributed by atoms with E-state index in [1.54, 1.807) is 35.0 Å². The average molecular weight is 453 g/mol. The Kier molecular flexibility index (Phi) is 5.09. The number of benzene rings is 1. The van der Waals surface area contributed by atoms with Gasteiger partial charge in [0.25, 0.3) is 15.9 Å². The Morgan fingerprint density at radius 3 is 2.44 bits per heavy atom. The molecule has 0 bridgehead atoms. The van der Waals surface area contributed by atoms with Gasteiger partial charge in [0.15, 0.2) is 0 Å². The number of sulfonamides is 1. The van der Waals surface area contributed by atoms with Crippen molar-refractivity contribution in [3.8, 4) is 0 Å². The largest absolute Gasteiger partial charge is 0.345 e. The summed E-state index contributed by atoms with van der Waals surface area (Å²) in [5, 5.41) is 0. The number of amides is 1. The molecule has 2 aliphatic rings. The van der Waals surface area contributed by atoms with E-state index in [1.165, 1.54) is 16.6 Å². The molecule has 1 aromatic carbocycles. The number of carbonyl (C=O) groups is 1. The highest BCUT2D eigenvalue weighted by Crippen LogP contribution is 2.33. The predicted molar refractivity (Wildman–Crippen MR) is 120 cm³/mol. The molecule has 10 heteroatoms. The molecular weight excluding hydrogens is 428 g/mol. The number of hydrogen-bond donors (Lipinski definition) is 0. The van der Waals surface area contributed by atoms with Gasteiger partial charge in [0.1, 0.15) is 10.6 Å². The monoisotopic (exact) mass is 452 g/mol. The van der Waals surface area contributed by atoms with Crippen molar-refractivity contribution in [3.63, 3.8) is 0 Å². The van der Waals surface area contributed by atoms with E-state index in [0.29, 0.717) is 56.5 Å². The fourth-order valence-corrected chi connectivity index (χ4v) is 5.87. The third-order valence-corrected chi connectivity index (χ3v) is 7.81. The highest BCUT2D eigenvalue weighted by atomic mass is 32.2. The van der Waals surface area contributed by atoms with Gasteiger partial charge in [-0.05, 0) is 30.2 Å². The van der Waals surface area contributed by atoms with E-state index in [2.05, 4.69) is 9.97 Å². The van der Waals surface area contributed by atoms with Gasteiger partial charge in [-0.15, -0.1) is 0 Å². The summed E-state index contributed by atoms with van der Waals surface area (Å²) in [6.45, 7) is 2.68. The summed E-state index contributed by atoms with van der Waals surface area (Å²) >= 11 is 0. The summed E-state index contributed by atoms with van der Waals surface area (Å²) in [6, 6.07) is 10.8. The normalized spacial score (nSPS) is 16.3. The third kappa shape index (κ3) is 3.50. The maximum atomic E-state index is 13.3. The van der Waals surface area contributed by atoms with E-state index in [-0.39, 0.29) is 10.8 Å². The minimum Gasteiger partial charge on any atom is -0.345 e. The van der Waals surface area contributed by atoms with E-state index < -0.39 is 10.0 Å². The molecule has 3 aromatic rings. The topological polar surface area (TPSA) is 91.6 Å². The van der Waals surface area contributed by atoms with Gasteiger partial charge < -0.3 is 14.4 Å². The number of carbonyl (C=O) groups excluding carboxylic acids is 1. The summed E-state index contributed by atoms with van der Waals surface area (Å²) in [4.78, 5) is 25.6. The number of hydrogen-bond acceptors (Lipinski definition) is 6. The fourth-order valence-electron chi connectivity index (χ4n) is 4.30. The van der Waals surface area contributed by atoms with Gasteiger partial charge in [-0.1, -0.05) is 18.2 Å². The minimum absolute atomic E-state index is 0.136. The predicted octanol–water partition coefficient (Wildman–Crippen LogP) is 1.53. The van der Waals surface area contributed by atoms with E-state index in [9.17, 15) is 13.2 Å². The van der Waals surface area contributed by atoms with Crippen molar-refractivity contribution in [2.75, 3.05) is 41.9 Å². The molecule has 1 saturated heterocycles. The first-order chi connectivity index (χ1) is 15.4. The second-order valence-corrected chi connectivity index (χ2v) is 9.82. The zero-order valence-corrected chi connectivity index (χ0v) is 18.6. The number of piperazine rings is 1. The molecule has 0 saturated carbocycles. The van der Waals surface area contributed by atoms with Crippen LogP contribution in [0.15, 0.2) is 59.9 Å². The summed E-state index contributed by atoms with van der Waals surface area (Å²) in [5.41, 5.74) is 2.09. The van der Waals surface area contributed by atoms with Gasteiger partial charge in [-0.3, -0.25) is 9.10 Å². The molecule has 4 heterocycles. The van der Waals surface area contributed by atoms with Crippen molar-refractivity contribution in [2.24, 2.45) is 7.05 Å². The van der Waals surface area contributed by atoms with Crippen LogP contribution in [0.1, 0.15) is 16.1 Å². The Morgan fingerprint density at radius 2 is 1.69 bits per heavy atom. The molecule has 1 fully saturated rings. The summed E-state index contributed by atoms with van der Waals surface area (Å²) in [5.74, 6) is 0.474. The van der Waals surface area contributed by atoms with Crippen molar-refractivity contribution in [2.45, 2.75) is 11.3 Å². The lowest BCUT2D eigenvalue weighted by atomic mass is 10.2. The van der Waals surface area contributed by atoms with Crippen LogP contribution in [0.4, 0.5) is 11.6 Å². The van der Waals surface area contributed by atoms with Gasteiger partial charge in [-0.2, -0.15) is 0 Å². The van der Waals surface area contributed by atoms with Crippen LogP contribution in [0.25, 0.3) is 0 Å². The van der Waals surface area contributed by atoms with Crippen molar-refractivity contribution >= 4 is 27.6 Å². The van der Waals surface area contributed by atoms with Crippen LogP contribution < -0.4 is 9.21 Å². The Balaban J connectivity index is 1.33. The van der Waals surface area contributed by atoms with Crippen LogP contribution >= 0.6 is 0 Å². The Hall–Kier alpha value is -3.40. The molecule has 0 spiro atoms. The molecule has 0 atom stereocenters. The summed E-state index contributed by atoms with van der Waals surface area (Å²) in [7, 11) is -2.04. The van der Waals surface area contributed by atoms with E-state index >= 15 is 0 Å². The van der Waals surface area contributed by atoms with Gasteiger partial charge in [0, 0.05) is 58.4 Å². The SMILES string of the molecule is Cn1cc(S(=O)(=O)N2CCc3ccccc32)cc1C(=O)N1CCN(c2ncccn2)CC1. The van der Waals surface area contributed by atoms with Crippen LogP contribution in [0.5, 0.6) is 0 Å². The molecule has 5 rings (SSSR count). The summed E-state index contributed by atoms with van der Waals surface area (Å²) in [6.07, 6.45) is 5.61. The third-order valence-electron chi connectivity index (χ3n) is 6.03. The molecule has 166 valence electrons. The maximum absolute atomic E-state index is 13.3. The van der Waals surface area contributed by atoms with E-state index in [0.717, 1.165) is 5.56 Å². The molecular formula is C22H24N6O3S. The Labute approximate surface area is 187 Å². The smallest absolute Gasteiger partial charge is 0.270 e. The first-order valence-corrected chi connectivity index (χ1v) is 12.0. The Morgan fingerprint density at radius 1 is 0.969 bits per heavy atom. The molecule has 0 unspecified atom stereocenters. The lowest BCUT2D eigenvalue weighted by Crippen LogP contribution is -2.49. The Bertz CT molecular complexity index is 1250. The lowest BCUT2D eigenvalue weighted by molar-refractivity contribution is 0.0736. The number of rotatable bonds is 4. The van der Waals surface area contributed by atoms with Crippen LogP contribution in [0.2, 0.25) is 0 Å². The van der Waals surface area contributed by atoms with Gasteiger partial charge in [0.05, 0.1) is 5.69 Å². The second-order valence-electron chi connectivity index (χ2n) is 7.96. The minimum atomic E-state index is -3.75. The highest BCUT2D eigenvalue weighted by Gasteiger charge is 2.33. The molecule has 0 N–H and O–H groups in total. The molecule has 1 amide bonds. The standard InChI is InChI=1S/C22H24N6O3S/c1-25-16-18(32(30,31)28-10-7-17-5-2-3-6-19(17)28)15-20(25)21(29)26-11-13-27(14-12-26)22-23-8-4-9-24-22/h2-6,8-9,15-16H,7,10-14H2,1H3. The van der Waals surface area contributed by atoms with Gasteiger partial charge in [-0.25, -0.2) is 18.4 Å². The zero-order chi connectivity index (χ0) is 22.3. The number of aryl methyl sites for hydroxylation is 1. The average Bonchev–Trinajstić information content (AvgIpc) is 3.44. The van der Waals surface area contributed by atoms with Crippen molar-refractivity contribution < 1.29 is 13.2 Å². The summed E-state index contributed by atoms with van der Waals surface area (Å²) < 4.78 is 29.7. The van der Waals surface area contributed by atoms with Crippen LogP contribution in [0.3, 0.4) is 0 Å². The number of aromatic nitrogens is 3. The molecule has 32 heavy (non-hydrogen) atoms. The molecule has 2 aromatic heterocycles. The van der Waals surface area contributed by atoms with Crippen molar-refractivity contribution in [1.29, 1.82) is 0 Å². The zero-order valence-electron chi connectivity index (χ0n) is 17.8. The fraction of sp³-hybridized carbons (Fsp3) is 0.318. The molecule has 2 aliphatic heterocycles. The van der Waals surface area contributed by atoms with Crippen LogP contribution in [-0.4, -0.2) is 66.5 Å². The van der Waals surface area contributed by atoms with Crippen molar-refractivity contribution in [1.82, 2.24) is 19.4 Å². The molecule has 9 nitrogen and oxygen atoms in total. The second kappa shape index (κ2) is 7.94. The maximum Gasteiger partial charge on any atom is 0.270 e. The lowest BCUT2D eigenvalue weighted by Gasteiger charge is -2.34. The highest BCUT2D eigenvalue weighted by molar-refractivity contribution is 7.92. The van der Waals surface area contributed by atoms with E-state index in [1.807, 2.05) is 29.2 Å². The first kappa shape index (κ1) is 20.5. The van der Waals surface area contributed by atoms with Gasteiger partial charge in [0.2, 0.25) is 5.95 Å². The number of nitrogens with zero attached hydrogens (tertiary/aromatic N) is 6. The van der Waals surface area contributed by atoms with Gasteiger partial charge >= 0.3 is 0 Å². The van der Waals surface area contributed by atoms with Crippen LogP contribution in [-0.2, 0) is 23.5 Å². The molecule has 0 aliphatic carbocycles. The van der Waals surface area contributed by atoms with Crippen LogP contribution in [0, 0.1) is 0 Å².